The van der Waals surface area contributed by atoms with Gasteiger partial charge in [-0.3, -0.25) is 0 Å². The summed E-state index contributed by atoms with van der Waals surface area (Å²) < 4.78 is 1.99. The van der Waals surface area contributed by atoms with E-state index in [1.165, 1.54) is 11.3 Å². The zero-order valence-corrected chi connectivity index (χ0v) is 17.2. The minimum atomic E-state index is -0.106. The van der Waals surface area contributed by atoms with Gasteiger partial charge in [-0.1, -0.05) is 24.6 Å². The maximum Gasteiger partial charge on any atom is 0.209 e. The van der Waals surface area contributed by atoms with Gasteiger partial charge in [0.25, 0.3) is 0 Å². The van der Waals surface area contributed by atoms with E-state index >= 15 is 0 Å². The fraction of sp³-hybridized carbons (Fsp3) is 0.632. The standard InChI is InChI=1S/C19H29ClN6/c1-6-16(18-21-22-23-26(18)19(3,4)5)24-9-11-25(12-10-24)17-13-15(20)8-7-14(17)2/h7-8,13,16H,6,9-12H2,1-5H3/p+1/t16-/m1/s1. The second-order valence-electron chi connectivity index (χ2n) is 8.16. The van der Waals surface area contributed by atoms with E-state index in [4.69, 9.17) is 11.6 Å². The van der Waals surface area contributed by atoms with Crippen LogP contribution in [0.2, 0.25) is 5.02 Å². The van der Waals surface area contributed by atoms with Crippen LogP contribution in [0.1, 0.15) is 51.5 Å². The van der Waals surface area contributed by atoms with E-state index in [9.17, 15) is 0 Å². The summed E-state index contributed by atoms with van der Waals surface area (Å²) in [6, 6.07) is 6.47. The number of benzene rings is 1. The van der Waals surface area contributed by atoms with E-state index in [1.807, 2.05) is 10.7 Å². The average Bonchev–Trinajstić information content (AvgIpc) is 3.08. The molecule has 0 unspecified atom stereocenters. The Balaban J connectivity index is 1.74. The highest BCUT2D eigenvalue weighted by atomic mass is 35.5. The normalized spacial score (nSPS) is 17.5. The van der Waals surface area contributed by atoms with Crippen LogP contribution in [0.3, 0.4) is 0 Å². The molecule has 0 saturated carbocycles. The molecule has 1 aromatic heterocycles. The molecular weight excluding hydrogens is 348 g/mol. The molecular formula is C19H30ClN6+. The zero-order chi connectivity index (χ0) is 18.9. The number of nitrogens with zero attached hydrogens (tertiary/aromatic N) is 5. The summed E-state index contributed by atoms with van der Waals surface area (Å²) in [5.74, 6) is 1.00. The Kier molecular flexibility index (Phi) is 5.53. The number of aromatic nitrogens is 4. The van der Waals surface area contributed by atoms with Crippen LogP contribution in [0.15, 0.2) is 18.2 Å². The lowest BCUT2D eigenvalue weighted by Gasteiger charge is -2.38. The number of hydrogen-bond donors (Lipinski definition) is 1. The number of hydrogen-bond acceptors (Lipinski definition) is 4. The summed E-state index contributed by atoms with van der Waals surface area (Å²) in [6.45, 7) is 15.0. The van der Waals surface area contributed by atoms with Crippen molar-refractivity contribution in [2.75, 3.05) is 31.1 Å². The smallest absolute Gasteiger partial charge is 0.209 e. The lowest BCUT2D eigenvalue weighted by molar-refractivity contribution is -0.933. The van der Waals surface area contributed by atoms with Crippen molar-refractivity contribution in [2.24, 2.45) is 0 Å². The number of nitrogens with one attached hydrogen (secondary N) is 1. The second kappa shape index (κ2) is 7.53. The number of rotatable bonds is 4. The van der Waals surface area contributed by atoms with Crippen LogP contribution in [-0.4, -0.2) is 46.4 Å². The zero-order valence-electron chi connectivity index (χ0n) is 16.5. The van der Waals surface area contributed by atoms with Gasteiger partial charge in [0.05, 0.1) is 31.7 Å². The van der Waals surface area contributed by atoms with Crippen molar-refractivity contribution in [3.05, 3.63) is 34.6 Å². The third kappa shape index (κ3) is 3.86. The van der Waals surface area contributed by atoms with Crippen LogP contribution >= 0.6 is 11.6 Å². The number of aryl methyl sites for hydroxylation is 1. The fourth-order valence-corrected chi connectivity index (χ4v) is 4.02. The molecule has 1 aliphatic rings. The number of halogens is 1. The van der Waals surface area contributed by atoms with E-state index in [-0.39, 0.29) is 5.54 Å². The molecule has 2 heterocycles. The Labute approximate surface area is 161 Å². The van der Waals surface area contributed by atoms with Gasteiger partial charge in [0.15, 0.2) is 0 Å². The van der Waals surface area contributed by atoms with Crippen molar-refractivity contribution >= 4 is 17.3 Å². The van der Waals surface area contributed by atoms with Crippen LogP contribution < -0.4 is 9.80 Å². The summed E-state index contributed by atoms with van der Waals surface area (Å²) in [5.41, 5.74) is 2.43. The molecule has 0 amide bonds. The molecule has 7 heteroatoms. The summed E-state index contributed by atoms with van der Waals surface area (Å²) in [7, 11) is 0. The lowest BCUT2D eigenvalue weighted by atomic mass is 10.1. The van der Waals surface area contributed by atoms with Gasteiger partial charge in [-0.2, -0.15) is 0 Å². The monoisotopic (exact) mass is 377 g/mol. The summed E-state index contributed by atoms with van der Waals surface area (Å²) >= 11 is 6.21. The van der Waals surface area contributed by atoms with E-state index in [0.717, 1.165) is 43.4 Å². The number of anilines is 1. The van der Waals surface area contributed by atoms with Crippen LogP contribution in [0.4, 0.5) is 5.69 Å². The molecule has 3 rings (SSSR count). The van der Waals surface area contributed by atoms with Gasteiger partial charge in [0, 0.05) is 17.1 Å². The van der Waals surface area contributed by atoms with Crippen molar-refractivity contribution in [2.45, 2.75) is 52.6 Å². The van der Waals surface area contributed by atoms with Gasteiger partial charge < -0.3 is 9.80 Å². The molecule has 1 N–H and O–H groups in total. The van der Waals surface area contributed by atoms with E-state index < -0.39 is 0 Å². The largest absolute Gasteiger partial charge is 0.360 e. The molecule has 0 bridgehead atoms. The first-order chi connectivity index (χ1) is 12.3. The van der Waals surface area contributed by atoms with Crippen molar-refractivity contribution < 1.29 is 4.90 Å². The molecule has 0 aliphatic carbocycles. The molecule has 1 aliphatic heterocycles. The molecule has 1 fully saturated rings. The number of piperazine rings is 1. The van der Waals surface area contributed by atoms with Gasteiger partial charge in [-0.05, 0) is 55.8 Å². The molecule has 1 saturated heterocycles. The summed E-state index contributed by atoms with van der Waals surface area (Å²) in [6.07, 6.45) is 1.03. The molecule has 26 heavy (non-hydrogen) atoms. The highest BCUT2D eigenvalue weighted by Gasteiger charge is 2.34. The molecule has 2 aromatic rings. The Morgan fingerprint density at radius 2 is 1.92 bits per heavy atom. The molecule has 142 valence electrons. The maximum atomic E-state index is 6.21. The predicted molar refractivity (Wildman–Crippen MR) is 105 cm³/mol. The third-order valence-corrected chi connectivity index (χ3v) is 5.49. The predicted octanol–water partition coefficient (Wildman–Crippen LogP) is 2.25. The Bertz CT molecular complexity index is 743. The van der Waals surface area contributed by atoms with Gasteiger partial charge in [-0.15, -0.1) is 5.10 Å². The Morgan fingerprint density at radius 3 is 2.54 bits per heavy atom. The van der Waals surface area contributed by atoms with E-state index in [1.54, 1.807) is 4.90 Å². The molecule has 1 aromatic carbocycles. The summed E-state index contributed by atoms with van der Waals surface area (Å²) in [5, 5.41) is 13.4. The lowest BCUT2D eigenvalue weighted by Crippen LogP contribution is -3.15. The second-order valence-corrected chi connectivity index (χ2v) is 8.59. The Hall–Kier alpha value is -1.66. The SMILES string of the molecule is CC[C@H](c1nnnn1C(C)(C)C)[NH+]1CCN(c2cc(Cl)ccc2C)CC1. The Morgan fingerprint density at radius 1 is 1.23 bits per heavy atom. The number of tetrazole rings is 1. The van der Waals surface area contributed by atoms with Crippen molar-refractivity contribution in [1.29, 1.82) is 0 Å². The quantitative estimate of drug-likeness (QED) is 0.887. The van der Waals surface area contributed by atoms with Gasteiger partial charge in [0.1, 0.15) is 6.04 Å². The highest BCUT2D eigenvalue weighted by Crippen LogP contribution is 2.25. The van der Waals surface area contributed by atoms with Crippen molar-refractivity contribution in [3.63, 3.8) is 0 Å². The minimum Gasteiger partial charge on any atom is -0.360 e. The summed E-state index contributed by atoms with van der Waals surface area (Å²) in [4.78, 5) is 4.01. The molecule has 6 nitrogen and oxygen atoms in total. The fourth-order valence-electron chi connectivity index (χ4n) is 3.85. The first-order valence-corrected chi connectivity index (χ1v) is 9.83. The van der Waals surface area contributed by atoms with Gasteiger partial charge >= 0.3 is 0 Å². The number of quaternary nitrogens is 1. The van der Waals surface area contributed by atoms with Crippen LogP contribution in [0, 0.1) is 6.92 Å². The molecule has 0 spiro atoms. The van der Waals surface area contributed by atoms with Crippen LogP contribution in [-0.2, 0) is 5.54 Å². The highest BCUT2D eigenvalue weighted by molar-refractivity contribution is 6.30. The van der Waals surface area contributed by atoms with Crippen LogP contribution in [0.25, 0.3) is 0 Å². The van der Waals surface area contributed by atoms with Crippen LogP contribution in [0.5, 0.6) is 0 Å². The van der Waals surface area contributed by atoms with Crippen molar-refractivity contribution in [1.82, 2.24) is 20.2 Å². The third-order valence-electron chi connectivity index (χ3n) is 5.26. The van der Waals surface area contributed by atoms with E-state index in [2.05, 4.69) is 67.2 Å². The topological polar surface area (TPSA) is 51.3 Å². The van der Waals surface area contributed by atoms with Crippen molar-refractivity contribution in [3.8, 4) is 0 Å². The minimum absolute atomic E-state index is 0.106. The van der Waals surface area contributed by atoms with Gasteiger partial charge in [0.2, 0.25) is 5.82 Å². The molecule has 0 radical (unpaired) electrons. The first kappa shape index (κ1) is 19.1. The molecule has 1 atom stereocenters. The van der Waals surface area contributed by atoms with E-state index in [0.29, 0.717) is 6.04 Å². The van der Waals surface area contributed by atoms with Gasteiger partial charge in [-0.25, -0.2) is 4.68 Å². The average molecular weight is 378 g/mol. The first-order valence-electron chi connectivity index (χ1n) is 9.45. The maximum absolute atomic E-state index is 6.21.